The summed E-state index contributed by atoms with van der Waals surface area (Å²) in [5.41, 5.74) is 3.44. The topological polar surface area (TPSA) is 86.8 Å². The first-order chi connectivity index (χ1) is 14.4. The maximum absolute atomic E-state index is 12.6. The van der Waals surface area contributed by atoms with Crippen LogP contribution in [0.2, 0.25) is 0 Å². The van der Waals surface area contributed by atoms with Crippen LogP contribution in [0.25, 0.3) is 10.9 Å². The van der Waals surface area contributed by atoms with Gasteiger partial charge in [0.1, 0.15) is 0 Å². The minimum atomic E-state index is -0.561. The number of nitrogens with one attached hydrogen (secondary N) is 1. The van der Waals surface area contributed by atoms with Gasteiger partial charge in [-0.15, -0.1) is 0 Å². The summed E-state index contributed by atoms with van der Waals surface area (Å²) in [7, 11) is 0. The molecule has 0 radical (unpaired) electrons. The van der Waals surface area contributed by atoms with E-state index in [9.17, 15) is 9.59 Å². The van der Waals surface area contributed by atoms with Gasteiger partial charge in [-0.05, 0) is 50.1 Å². The van der Waals surface area contributed by atoms with Crippen molar-refractivity contribution in [2.75, 3.05) is 13.4 Å². The highest BCUT2D eigenvalue weighted by molar-refractivity contribution is 5.99. The second-order valence-corrected chi connectivity index (χ2v) is 7.19. The van der Waals surface area contributed by atoms with E-state index >= 15 is 0 Å². The molecule has 2 heterocycles. The summed E-state index contributed by atoms with van der Waals surface area (Å²) in [6.45, 7) is 5.28. The lowest BCUT2D eigenvalue weighted by atomic mass is 10.0. The first-order valence-corrected chi connectivity index (χ1v) is 9.66. The Labute approximate surface area is 174 Å². The van der Waals surface area contributed by atoms with E-state index in [1.807, 2.05) is 50.2 Å². The predicted molar refractivity (Wildman–Crippen MR) is 111 cm³/mol. The van der Waals surface area contributed by atoms with Crippen molar-refractivity contribution in [3.63, 3.8) is 0 Å². The van der Waals surface area contributed by atoms with Crippen LogP contribution in [-0.2, 0) is 9.53 Å². The molecule has 1 aromatic heterocycles. The van der Waals surface area contributed by atoms with Crippen LogP contribution >= 0.6 is 0 Å². The summed E-state index contributed by atoms with van der Waals surface area (Å²) in [6, 6.07) is 12.8. The smallest absolute Gasteiger partial charge is 0.340 e. The summed E-state index contributed by atoms with van der Waals surface area (Å²) in [6.07, 6.45) is 0. The molecular formula is C23H22N2O5. The Morgan fingerprint density at radius 1 is 1.13 bits per heavy atom. The Morgan fingerprint density at radius 3 is 2.73 bits per heavy atom. The largest absolute Gasteiger partial charge is 0.454 e. The fourth-order valence-corrected chi connectivity index (χ4v) is 3.58. The Kier molecular flexibility index (Phi) is 5.27. The first-order valence-electron chi connectivity index (χ1n) is 9.66. The second-order valence-electron chi connectivity index (χ2n) is 7.19. The molecule has 1 atom stereocenters. The fraction of sp³-hybridized carbons (Fsp3) is 0.261. The highest BCUT2D eigenvalue weighted by Crippen LogP contribution is 2.34. The van der Waals surface area contributed by atoms with Crippen molar-refractivity contribution in [3.05, 3.63) is 64.8 Å². The zero-order valence-corrected chi connectivity index (χ0v) is 17.0. The molecule has 1 amide bonds. The molecule has 30 heavy (non-hydrogen) atoms. The molecule has 2 aromatic carbocycles. The molecule has 7 heteroatoms. The summed E-state index contributed by atoms with van der Waals surface area (Å²) in [5.74, 6) is 0.377. The normalized spacial score (nSPS) is 13.2. The van der Waals surface area contributed by atoms with Crippen molar-refractivity contribution in [2.45, 2.75) is 26.8 Å². The van der Waals surface area contributed by atoms with Gasteiger partial charge in [-0.3, -0.25) is 9.78 Å². The van der Waals surface area contributed by atoms with Crippen LogP contribution in [0.3, 0.4) is 0 Å². The van der Waals surface area contributed by atoms with Crippen molar-refractivity contribution in [1.29, 1.82) is 0 Å². The molecule has 0 fully saturated rings. The van der Waals surface area contributed by atoms with Crippen LogP contribution in [0.15, 0.2) is 42.5 Å². The molecule has 1 aliphatic rings. The summed E-state index contributed by atoms with van der Waals surface area (Å²) in [5, 5.41) is 3.71. The maximum Gasteiger partial charge on any atom is 0.340 e. The van der Waals surface area contributed by atoms with E-state index in [4.69, 9.17) is 14.2 Å². The fourth-order valence-electron chi connectivity index (χ4n) is 3.58. The SMILES string of the molecule is Cc1nc2ccccc2c(C)c1C(=O)OCC(=O)N[C@H](C)c1ccc2c(c1)OCO2. The monoisotopic (exact) mass is 406 g/mol. The average molecular weight is 406 g/mol. The van der Waals surface area contributed by atoms with Gasteiger partial charge in [-0.2, -0.15) is 0 Å². The number of amides is 1. The van der Waals surface area contributed by atoms with E-state index in [-0.39, 0.29) is 19.4 Å². The van der Waals surface area contributed by atoms with Crippen LogP contribution in [0, 0.1) is 13.8 Å². The Morgan fingerprint density at radius 2 is 1.90 bits per heavy atom. The second kappa shape index (κ2) is 8.02. The molecule has 7 nitrogen and oxygen atoms in total. The number of pyridine rings is 1. The van der Waals surface area contributed by atoms with E-state index < -0.39 is 11.9 Å². The highest BCUT2D eigenvalue weighted by Gasteiger charge is 2.20. The van der Waals surface area contributed by atoms with Crippen molar-refractivity contribution in [3.8, 4) is 11.5 Å². The van der Waals surface area contributed by atoms with Gasteiger partial charge in [0.25, 0.3) is 5.91 Å². The summed E-state index contributed by atoms with van der Waals surface area (Å²) < 4.78 is 15.9. The number of ether oxygens (including phenoxy) is 3. The number of esters is 1. The quantitative estimate of drug-likeness (QED) is 0.652. The van der Waals surface area contributed by atoms with E-state index in [2.05, 4.69) is 10.3 Å². The number of fused-ring (bicyclic) bond motifs is 2. The molecule has 0 aliphatic carbocycles. The number of nitrogens with zero attached hydrogens (tertiary/aromatic N) is 1. The van der Waals surface area contributed by atoms with Crippen LogP contribution in [-0.4, -0.2) is 30.3 Å². The van der Waals surface area contributed by atoms with E-state index in [1.165, 1.54) is 0 Å². The number of carbonyl (C=O) groups is 2. The number of aryl methyl sites for hydroxylation is 2. The van der Waals surface area contributed by atoms with Crippen LogP contribution in [0.5, 0.6) is 11.5 Å². The van der Waals surface area contributed by atoms with Crippen molar-refractivity contribution in [1.82, 2.24) is 10.3 Å². The van der Waals surface area contributed by atoms with Gasteiger partial charge in [-0.25, -0.2) is 4.79 Å². The zero-order valence-electron chi connectivity index (χ0n) is 17.0. The predicted octanol–water partition coefficient (Wildman–Crippen LogP) is 3.61. The van der Waals surface area contributed by atoms with Crippen LogP contribution < -0.4 is 14.8 Å². The molecule has 0 saturated carbocycles. The van der Waals surface area contributed by atoms with Crippen molar-refractivity contribution < 1.29 is 23.8 Å². The summed E-state index contributed by atoms with van der Waals surface area (Å²) >= 11 is 0. The number of rotatable bonds is 5. The first kappa shape index (κ1) is 19.7. The average Bonchev–Trinajstić information content (AvgIpc) is 3.20. The van der Waals surface area contributed by atoms with Gasteiger partial charge in [0.05, 0.1) is 22.8 Å². The third kappa shape index (κ3) is 3.78. The number of hydrogen-bond acceptors (Lipinski definition) is 6. The van der Waals surface area contributed by atoms with Gasteiger partial charge in [0.15, 0.2) is 18.1 Å². The molecule has 1 N–H and O–H groups in total. The Balaban J connectivity index is 1.40. The van der Waals surface area contributed by atoms with Crippen molar-refractivity contribution >= 4 is 22.8 Å². The lowest BCUT2D eigenvalue weighted by Crippen LogP contribution is -2.31. The molecule has 0 unspecified atom stereocenters. The molecular weight excluding hydrogens is 384 g/mol. The van der Waals surface area contributed by atoms with E-state index in [0.29, 0.717) is 22.8 Å². The Bertz CT molecular complexity index is 1140. The molecule has 0 saturated heterocycles. The zero-order chi connectivity index (χ0) is 21.3. The maximum atomic E-state index is 12.6. The lowest BCUT2D eigenvalue weighted by Gasteiger charge is -2.16. The van der Waals surface area contributed by atoms with Crippen molar-refractivity contribution in [2.24, 2.45) is 0 Å². The molecule has 154 valence electrons. The van der Waals surface area contributed by atoms with Crippen LogP contribution in [0.1, 0.15) is 40.1 Å². The molecule has 1 aliphatic heterocycles. The third-order valence-electron chi connectivity index (χ3n) is 5.15. The molecule has 3 aromatic rings. The Hall–Kier alpha value is -3.61. The standard InChI is InChI=1S/C23H22N2O5/c1-13-17-6-4-5-7-18(17)24-15(3)22(13)23(27)28-11-21(26)25-14(2)16-8-9-19-20(10-16)30-12-29-19/h4-10,14H,11-12H2,1-3H3,(H,25,26)/t14-/m1/s1. The van der Waals surface area contributed by atoms with Crippen LogP contribution in [0.4, 0.5) is 0 Å². The summed E-state index contributed by atoms with van der Waals surface area (Å²) in [4.78, 5) is 29.4. The third-order valence-corrected chi connectivity index (χ3v) is 5.15. The molecule has 0 bridgehead atoms. The molecule has 0 spiro atoms. The van der Waals surface area contributed by atoms with Gasteiger partial charge < -0.3 is 19.5 Å². The van der Waals surface area contributed by atoms with Gasteiger partial charge in [0, 0.05) is 5.39 Å². The number of aromatic nitrogens is 1. The minimum Gasteiger partial charge on any atom is -0.454 e. The number of hydrogen-bond donors (Lipinski definition) is 1. The van der Waals surface area contributed by atoms with Gasteiger partial charge in [0.2, 0.25) is 6.79 Å². The lowest BCUT2D eigenvalue weighted by molar-refractivity contribution is -0.124. The van der Waals surface area contributed by atoms with Gasteiger partial charge in [-0.1, -0.05) is 24.3 Å². The molecule has 4 rings (SSSR count). The van der Waals surface area contributed by atoms with E-state index in [0.717, 1.165) is 22.0 Å². The minimum absolute atomic E-state index is 0.192. The highest BCUT2D eigenvalue weighted by atomic mass is 16.7. The van der Waals surface area contributed by atoms with Gasteiger partial charge >= 0.3 is 5.97 Å². The number of para-hydroxylation sites is 1. The number of carbonyl (C=O) groups excluding carboxylic acids is 2. The number of benzene rings is 2. The van der Waals surface area contributed by atoms with E-state index in [1.54, 1.807) is 13.0 Å².